The molecular formula is C27H28N6O4S. The molecule has 2 aromatic carbocycles. The van der Waals surface area contributed by atoms with Crippen molar-refractivity contribution in [1.82, 2.24) is 25.7 Å². The van der Waals surface area contributed by atoms with Gasteiger partial charge in [-0.15, -0.1) is 12.6 Å². The summed E-state index contributed by atoms with van der Waals surface area (Å²) in [4.78, 5) is 34.0. The number of phenolic OH excluding ortho intramolecular Hbond substituents is 1. The molecule has 0 saturated carbocycles. The number of aromatic amines is 1. The Morgan fingerprint density at radius 1 is 1.21 bits per heavy atom. The summed E-state index contributed by atoms with van der Waals surface area (Å²) in [5.74, 6) is 1.28. The highest BCUT2D eigenvalue weighted by Gasteiger charge is 2.15. The number of carbonyl (C=O) groups is 1. The maximum absolute atomic E-state index is 12.7. The number of aromatic nitrogens is 3. The van der Waals surface area contributed by atoms with Crippen molar-refractivity contribution in [2.75, 3.05) is 20.3 Å². The molecular weight excluding hydrogens is 504 g/mol. The number of benzene rings is 2. The quantitative estimate of drug-likeness (QED) is 0.0833. The van der Waals surface area contributed by atoms with Crippen molar-refractivity contribution in [3.05, 3.63) is 71.5 Å². The van der Waals surface area contributed by atoms with E-state index in [2.05, 4.69) is 43.4 Å². The van der Waals surface area contributed by atoms with Crippen LogP contribution in [-0.2, 0) is 4.84 Å². The minimum atomic E-state index is -0.220. The second-order valence-corrected chi connectivity index (χ2v) is 8.27. The van der Waals surface area contributed by atoms with E-state index >= 15 is 0 Å². The zero-order valence-corrected chi connectivity index (χ0v) is 21.8. The number of fused-ring (bicyclic) bond motifs is 1. The van der Waals surface area contributed by atoms with Crippen LogP contribution in [-0.4, -0.2) is 52.4 Å². The second kappa shape index (κ2) is 12.7. The smallest absolute Gasteiger partial charge is 0.251 e. The predicted octanol–water partition coefficient (Wildman–Crippen LogP) is 4.47. The number of nitrogens with zero attached hydrogens (tertiary/aromatic N) is 3. The van der Waals surface area contributed by atoms with E-state index in [0.29, 0.717) is 59.3 Å². The van der Waals surface area contributed by atoms with E-state index in [-0.39, 0.29) is 11.7 Å². The van der Waals surface area contributed by atoms with Crippen molar-refractivity contribution >= 4 is 35.8 Å². The molecule has 0 aliphatic rings. The number of phenols is 1. The van der Waals surface area contributed by atoms with Crippen molar-refractivity contribution in [3.63, 3.8) is 0 Å². The Balaban J connectivity index is 1.47. The number of H-pyrrole nitrogens is 1. The third kappa shape index (κ3) is 6.31. The SMILES string of the molecule is CCONC(=C/S)/N=C/CCNC(=O)c1ccc2nc(-c3cc(-c4cccnc4OC)ccc3O)[nH]c2c1. The molecule has 2 aromatic heterocycles. The summed E-state index contributed by atoms with van der Waals surface area (Å²) >= 11 is 4.07. The second-order valence-electron chi connectivity index (χ2n) is 8.02. The third-order valence-corrected chi connectivity index (χ3v) is 5.75. The van der Waals surface area contributed by atoms with E-state index in [0.717, 1.165) is 11.1 Å². The van der Waals surface area contributed by atoms with Crippen molar-refractivity contribution < 1.29 is 19.5 Å². The lowest BCUT2D eigenvalue weighted by atomic mass is 10.0. The topological polar surface area (TPSA) is 134 Å². The molecule has 0 aliphatic heterocycles. The van der Waals surface area contributed by atoms with Crippen LogP contribution in [0.15, 0.2) is 70.9 Å². The number of pyridine rings is 1. The molecule has 0 atom stereocenters. The van der Waals surface area contributed by atoms with Crippen molar-refractivity contribution in [2.24, 2.45) is 4.99 Å². The van der Waals surface area contributed by atoms with Gasteiger partial charge in [0, 0.05) is 41.9 Å². The van der Waals surface area contributed by atoms with Crippen LogP contribution in [0.3, 0.4) is 0 Å². The fourth-order valence-electron chi connectivity index (χ4n) is 3.69. The van der Waals surface area contributed by atoms with Crippen LogP contribution in [0, 0.1) is 0 Å². The van der Waals surface area contributed by atoms with E-state index in [1.165, 1.54) is 5.41 Å². The monoisotopic (exact) mass is 532 g/mol. The van der Waals surface area contributed by atoms with Crippen LogP contribution < -0.4 is 15.5 Å². The number of amides is 1. The maximum Gasteiger partial charge on any atom is 0.251 e. The largest absolute Gasteiger partial charge is 0.507 e. The highest BCUT2D eigenvalue weighted by Crippen LogP contribution is 2.35. The number of nitrogens with one attached hydrogen (secondary N) is 3. The average molecular weight is 533 g/mol. The van der Waals surface area contributed by atoms with Gasteiger partial charge >= 0.3 is 0 Å². The van der Waals surface area contributed by atoms with Crippen LogP contribution in [0.25, 0.3) is 33.5 Å². The first kappa shape index (κ1) is 26.7. The third-order valence-electron chi connectivity index (χ3n) is 5.50. The number of rotatable bonds is 11. The zero-order chi connectivity index (χ0) is 26.9. The first-order chi connectivity index (χ1) is 18.5. The zero-order valence-electron chi connectivity index (χ0n) is 20.9. The summed E-state index contributed by atoms with van der Waals surface area (Å²) < 4.78 is 5.37. The molecule has 38 heavy (non-hydrogen) atoms. The van der Waals surface area contributed by atoms with Gasteiger partial charge in [-0.1, -0.05) is 6.07 Å². The van der Waals surface area contributed by atoms with E-state index in [1.807, 2.05) is 25.1 Å². The van der Waals surface area contributed by atoms with Gasteiger partial charge in [-0.05, 0) is 55.0 Å². The van der Waals surface area contributed by atoms with Gasteiger partial charge < -0.3 is 20.1 Å². The summed E-state index contributed by atoms with van der Waals surface area (Å²) in [6.07, 6.45) is 3.85. The van der Waals surface area contributed by atoms with Gasteiger partial charge in [0.15, 0.2) is 5.82 Å². The molecule has 196 valence electrons. The molecule has 0 saturated heterocycles. The molecule has 4 N–H and O–H groups in total. The van der Waals surface area contributed by atoms with Crippen molar-refractivity contribution in [1.29, 1.82) is 0 Å². The van der Waals surface area contributed by atoms with Gasteiger partial charge in [-0.25, -0.2) is 20.4 Å². The number of aromatic hydroxyl groups is 1. The van der Waals surface area contributed by atoms with Gasteiger partial charge in [-0.2, -0.15) is 0 Å². The van der Waals surface area contributed by atoms with Gasteiger partial charge in [0.05, 0.1) is 30.3 Å². The predicted molar refractivity (Wildman–Crippen MR) is 150 cm³/mol. The Kier molecular flexibility index (Phi) is 8.96. The Labute approximate surface area is 225 Å². The molecule has 11 heteroatoms. The van der Waals surface area contributed by atoms with Crippen LogP contribution >= 0.6 is 12.6 Å². The number of carbonyl (C=O) groups excluding carboxylic acids is 1. The molecule has 0 radical (unpaired) electrons. The number of hydrogen-bond donors (Lipinski definition) is 5. The minimum Gasteiger partial charge on any atom is -0.507 e. The summed E-state index contributed by atoms with van der Waals surface area (Å²) in [6, 6.07) is 14.1. The van der Waals surface area contributed by atoms with Gasteiger partial charge in [0.1, 0.15) is 11.6 Å². The Morgan fingerprint density at radius 2 is 2.08 bits per heavy atom. The first-order valence-electron chi connectivity index (χ1n) is 11.9. The van der Waals surface area contributed by atoms with Gasteiger partial charge in [-0.3, -0.25) is 9.63 Å². The molecule has 4 aromatic rings. The van der Waals surface area contributed by atoms with Crippen LogP contribution in [0.2, 0.25) is 0 Å². The lowest BCUT2D eigenvalue weighted by molar-refractivity contribution is 0.0731. The molecule has 0 fully saturated rings. The van der Waals surface area contributed by atoms with Crippen molar-refractivity contribution in [2.45, 2.75) is 13.3 Å². The van der Waals surface area contributed by atoms with Crippen molar-refractivity contribution in [3.8, 4) is 34.1 Å². The van der Waals surface area contributed by atoms with Crippen LogP contribution in [0.5, 0.6) is 11.6 Å². The maximum atomic E-state index is 12.7. The number of imidazole rings is 1. The molecule has 10 nitrogen and oxygen atoms in total. The number of aliphatic imine (C=N–C) groups is 1. The van der Waals surface area contributed by atoms with Gasteiger partial charge in [0.2, 0.25) is 5.88 Å². The summed E-state index contributed by atoms with van der Waals surface area (Å²) in [5.41, 5.74) is 6.61. The van der Waals surface area contributed by atoms with Crippen LogP contribution in [0.4, 0.5) is 0 Å². The lowest BCUT2D eigenvalue weighted by Crippen LogP contribution is -2.24. The van der Waals surface area contributed by atoms with E-state index < -0.39 is 0 Å². The number of thiol groups is 1. The Bertz CT molecular complexity index is 1480. The number of ether oxygens (including phenoxy) is 1. The molecule has 4 rings (SSSR count). The number of hydroxylamine groups is 1. The standard InChI is InChI=1S/C27H28N6O4S/c1-3-37-33-24(16-38)28-12-5-13-29-26(35)18-7-9-21-22(15-18)32-25(31-21)20-14-17(8-10-23(20)34)19-6-4-11-30-27(19)36-2/h4,6-12,14-16,33-34,38H,3,5,13H2,1-2H3,(H,29,35)(H,31,32)/b24-16+,28-12+. The highest BCUT2D eigenvalue weighted by atomic mass is 32.1. The summed E-state index contributed by atoms with van der Waals surface area (Å²) in [5, 5.41) is 14.9. The normalized spacial score (nSPS) is 11.7. The first-order valence-corrected chi connectivity index (χ1v) is 12.4. The molecule has 0 bridgehead atoms. The van der Waals surface area contributed by atoms with Gasteiger partial charge in [0.25, 0.3) is 5.91 Å². The highest BCUT2D eigenvalue weighted by molar-refractivity contribution is 7.83. The summed E-state index contributed by atoms with van der Waals surface area (Å²) in [6.45, 7) is 2.75. The summed E-state index contributed by atoms with van der Waals surface area (Å²) in [7, 11) is 1.56. The lowest BCUT2D eigenvalue weighted by Gasteiger charge is -2.09. The minimum absolute atomic E-state index is 0.0719. The fraction of sp³-hybridized carbons (Fsp3) is 0.185. The molecule has 2 heterocycles. The van der Waals surface area contributed by atoms with E-state index in [9.17, 15) is 9.90 Å². The molecule has 0 spiro atoms. The number of hydrogen-bond acceptors (Lipinski definition) is 9. The number of methoxy groups -OCH3 is 1. The fourth-order valence-corrected chi connectivity index (χ4v) is 3.81. The van der Waals surface area contributed by atoms with Crippen LogP contribution in [0.1, 0.15) is 23.7 Å². The van der Waals surface area contributed by atoms with E-state index in [1.54, 1.807) is 49.9 Å². The molecule has 0 aliphatic carbocycles. The molecule has 0 unspecified atom stereocenters. The average Bonchev–Trinajstić information content (AvgIpc) is 3.38. The Morgan fingerprint density at radius 3 is 2.87 bits per heavy atom. The Hall–Kier alpha value is -4.35. The van der Waals surface area contributed by atoms with E-state index in [4.69, 9.17) is 9.57 Å². The molecule has 1 amide bonds.